The first kappa shape index (κ1) is 29.0. The van der Waals surface area contributed by atoms with Crippen LogP contribution in [0.3, 0.4) is 0 Å². The van der Waals surface area contributed by atoms with E-state index in [-0.39, 0.29) is 17.3 Å². The topological polar surface area (TPSA) is 126 Å². The number of aromatic nitrogens is 3. The molecule has 0 saturated carbocycles. The Labute approximate surface area is 237 Å². The number of carbonyl (C=O) groups excluding carboxylic acids is 2. The van der Waals surface area contributed by atoms with Gasteiger partial charge < -0.3 is 10.2 Å². The number of hydrogen-bond acceptors (Lipinski definition) is 7. The maximum Gasteiger partial charge on any atom is 0.472 e. The van der Waals surface area contributed by atoms with E-state index < -0.39 is 44.4 Å². The van der Waals surface area contributed by atoms with Crippen molar-refractivity contribution in [3.05, 3.63) is 83.4 Å². The van der Waals surface area contributed by atoms with Crippen molar-refractivity contribution >= 4 is 39.0 Å². The highest BCUT2D eigenvalue weighted by Crippen LogP contribution is 2.31. The molecule has 42 heavy (non-hydrogen) atoms. The molecule has 1 aliphatic rings. The summed E-state index contributed by atoms with van der Waals surface area (Å²) in [5.41, 5.74) is 1.52. The molecule has 220 valence electrons. The number of fused-ring (bicyclic) bond motifs is 1. The smallest absolute Gasteiger partial charge is 0.339 e. The zero-order chi connectivity index (χ0) is 30.2. The first-order chi connectivity index (χ1) is 19.8. The number of nitrogens with zero attached hydrogens (tertiary/aromatic N) is 4. The number of benzene rings is 2. The van der Waals surface area contributed by atoms with Gasteiger partial charge in [0.1, 0.15) is 17.2 Å². The second-order valence-corrected chi connectivity index (χ2v) is 11.4. The number of anilines is 2. The molecule has 1 fully saturated rings. The lowest BCUT2D eigenvalue weighted by molar-refractivity contribution is -0.171. The number of likely N-dealkylation sites (tertiary alicyclic amines) is 1. The van der Waals surface area contributed by atoms with Crippen molar-refractivity contribution in [1.82, 2.24) is 24.2 Å². The normalized spacial score (nSPS) is 14.6. The Morgan fingerprint density at radius 2 is 1.71 bits per heavy atom. The average Bonchev–Trinajstić information content (AvgIpc) is 3.40. The van der Waals surface area contributed by atoms with E-state index in [9.17, 15) is 35.6 Å². The number of hydrogen-bond donors (Lipinski definition) is 2. The van der Waals surface area contributed by atoms with Gasteiger partial charge in [-0.3, -0.25) is 9.59 Å². The molecule has 0 aliphatic carbocycles. The molecule has 3 heterocycles. The van der Waals surface area contributed by atoms with Crippen molar-refractivity contribution in [3.63, 3.8) is 0 Å². The van der Waals surface area contributed by atoms with Gasteiger partial charge >= 0.3 is 12.1 Å². The van der Waals surface area contributed by atoms with Crippen molar-refractivity contribution in [2.75, 3.05) is 18.4 Å². The third kappa shape index (κ3) is 5.77. The van der Waals surface area contributed by atoms with Crippen LogP contribution in [-0.2, 0) is 14.8 Å². The number of piperidine rings is 1. The number of sulfonamides is 1. The summed E-state index contributed by atoms with van der Waals surface area (Å²) in [6, 6.07) is 13.7. The number of aryl methyl sites for hydroxylation is 1. The lowest BCUT2D eigenvalue weighted by Gasteiger charge is -2.32. The minimum absolute atomic E-state index is 0.00392. The molecule has 2 amide bonds. The monoisotopic (exact) mass is 604 g/mol. The predicted octanol–water partition coefficient (Wildman–Crippen LogP) is 4.31. The Morgan fingerprint density at radius 3 is 2.36 bits per heavy atom. The Hall–Kier alpha value is -4.53. The van der Waals surface area contributed by atoms with Crippen LogP contribution >= 0.6 is 0 Å². The highest BCUT2D eigenvalue weighted by atomic mass is 32.2. The van der Waals surface area contributed by atoms with E-state index in [0.29, 0.717) is 37.2 Å². The average molecular weight is 605 g/mol. The molecule has 0 bridgehead atoms. The fraction of sp³-hybridized carbons (Fsp3) is 0.259. The molecule has 2 N–H and O–H groups in total. The fourth-order valence-corrected chi connectivity index (χ4v) is 5.85. The van der Waals surface area contributed by atoms with Gasteiger partial charge in [-0.15, -0.1) is 0 Å². The van der Waals surface area contributed by atoms with Crippen LogP contribution in [0.1, 0.15) is 40.2 Å². The SMILES string of the molecule is Cc1cc(F)ccc1Nc1c(C(=O)N2CCC(c3ccccc3)CC2)cnc2c(S(=O)(=O)NC(=O)C(F)(F)F)cnn12. The van der Waals surface area contributed by atoms with E-state index in [1.54, 1.807) is 11.8 Å². The number of amides is 2. The molecule has 1 saturated heterocycles. The molecular formula is C27H24F4N6O4S. The second-order valence-electron chi connectivity index (χ2n) is 9.76. The van der Waals surface area contributed by atoms with E-state index in [1.807, 2.05) is 30.3 Å². The number of nitrogens with one attached hydrogen (secondary N) is 2. The quantitative estimate of drug-likeness (QED) is 0.314. The molecule has 2 aromatic heterocycles. The summed E-state index contributed by atoms with van der Waals surface area (Å²) < 4.78 is 79.3. The van der Waals surface area contributed by atoms with Gasteiger partial charge in [-0.25, -0.2) is 22.5 Å². The molecule has 0 radical (unpaired) electrons. The summed E-state index contributed by atoms with van der Waals surface area (Å²) in [4.78, 5) is 29.9. The molecule has 1 aliphatic heterocycles. The molecule has 4 aromatic rings. The van der Waals surface area contributed by atoms with E-state index in [4.69, 9.17) is 0 Å². The summed E-state index contributed by atoms with van der Waals surface area (Å²) in [6.07, 6.45) is -2.24. The second kappa shape index (κ2) is 11.0. The van der Waals surface area contributed by atoms with Crippen molar-refractivity contribution in [1.29, 1.82) is 0 Å². The standard InChI is InChI=1S/C27H24F4N6O4S/c1-16-13-19(28)7-8-21(16)34-23-20(25(38)36-11-9-18(10-12-36)17-5-3-2-4-6-17)14-32-24-22(15-33-37(23)24)42(40,41)35-26(39)27(29,30)31/h2-8,13-15,18,34H,9-12H2,1H3,(H,35,39). The van der Waals surface area contributed by atoms with E-state index in [2.05, 4.69) is 15.4 Å². The van der Waals surface area contributed by atoms with E-state index >= 15 is 0 Å². The van der Waals surface area contributed by atoms with Crippen LogP contribution in [-0.4, -0.2) is 59.0 Å². The summed E-state index contributed by atoms with van der Waals surface area (Å²) >= 11 is 0. The van der Waals surface area contributed by atoms with Crippen molar-refractivity contribution in [2.45, 2.75) is 36.8 Å². The van der Waals surface area contributed by atoms with Gasteiger partial charge in [0.25, 0.3) is 15.9 Å². The predicted molar refractivity (Wildman–Crippen MR) is 143 cm³/mol. The van der Waals surface area contributed by atoms with Crippen molar-refractivity contribution < 1.29 is 35.6 Å². The number of carbonyl (C=O) groups is 2. The zero-order valence-electron chi connectivity index (χ0n) is 22.0. The molecule has 0 unspecified atom stereocenters. The minimum atomic E-state index is -5.45. The lowest BCUT2D eigenvalue weighted by atomic mass is 9.89. The Kier molecular flexibility index (Phi) is 7.62. The number of halogens is 4. The first-order valence-electron chi connectivity index (χ1n) is 12.7. The summed E-state index contributed by atoms with van der Waals surface area (Å²) in [5.74, 6) is -3.42. The largest absolute Gasteiger partial charge is 0.472 e. The highest BCUT2D eigenvalue weighted by molar-refractivity contribution is 7.90. The van der Waals surface area contributed by atoms with Gasteiger partial charge in [0, 0.05) is 25.0 Å². The number of rotatable bonds is 6. The van der Waals surface area contributed by atoms with Crippen LogP contribution < -0.4 is 10.0 Å². The van der Waals surface area contributed by atoms with Crippen LogP contribution in [0.25, 0.3) is 5.65 Å². The van der Waals surface area contributed by atoms with E-state index in [1.165, 1.54) is 23.8 Å². The molecule has 2 aromatic carbocycles. The lowest BCUT2D eigenvalue weighted by Crippen LogP contribution is -2.40. The zero-order valence-corrected chi connectivity index (χ0v) is 22.8. The summed E-state index contributed by atoms with van der Waals surface area (Å²) in [6.45, 7) is 2.45. The first-order valence-corrected chi connectivity index (χ1v) is 14.2. The van der Waals surface area contributed by atoms with E-state index in [0.717, 1.165) is 21.6 Å². The van der Waals surface area contributed by atoms with Crippen molar-refractivity contribution in [2.24, 2.45) is 0 Å². The third-order valence-electron chi connectivity index (χ3n) is 6.99. The minimum Gasteiger partial charge on any atom is -0.339 e. The van der Waals surface area contributed by atoms with Crippen LogP contribution in [0.4, 0.5) is 29.1 Å². The maximum atomic E-state index is 13.8. The molecule has 5 rings (SSSR count). The number of alkyl halides is 3. The van der Waals surface area contributed by atoms with Gasteiger partial charge in [-0.05, 0) is 55.0 Å². The van der Waals surface area contributed by atoms with Crippen LogP contribution in [0, 0.1) is 12.7 Å². The summed E-state index contributed by atoms with van der Waals surface area (Å²) in [7, 11) is -5.05. The molecule has 0 spiro atoms. The van der Waals surface area contributed by atoms with Crippen LogP contribution in [0.15, 0.2) is 65.8 Å². The fourth-order valence-electron chi connectivity index (χ4n) is 4.82. The molecular weight excluding hydrogens is 580 g/mol. The molecule has 0 atom stereocenters. The molecule has 10 nitrogen and oxygen atoms in total. The molecule has 15 heteroatoms. The van der Waals surface area contributed by atoms with Crippen LogP contribution in [0.5, 0.6) is 0 Å². The maximum absolute atomic E-state index is 13.8. The Bertz CT molecular complexity index is 1770. The van der Waals surface area contributed by atoms with Crippen molar-refractivity contribution in [3.8, 4) is 0 Å². The Morgan fingerprint density at radius 1 is 1.02 bits per heavy atom. The van der Waals surface area contributed by atoms with Crippen LogP contribution in [0.2, 0.25) is 0 Å². The Balaban J connectivity index is 1.52. The van der Waals surface area contributed by atoms with Gasteiger partial charge in [-0.2, -0.15) is 22.8 Å². The summed E-state index contributed by atoms with van der Waals surface area (Å²) in [5, 5.41) is 6.95. The van der Waals surface area contributed by atoms with Gasteiger partial charge in [0.15, 0.2) is 10.5 Å². The van der Waals surface area contributed by atoms with Gasteiger partial charge in [0.05, 0.1) is 6.20 Å². The van der Waals surface area contributed by atoms with Gasteiger partial charge in [0.2, 0.25) is 0 Å². The van der Waals surface area contributed by atoms with Gasteiger partial charge in [-0.1, -0.05) is 30.3 Å². The highest BCUT2D eigenvalue weighted by Gasteiger charge is 2.42. The third-order valence-corrected chi connectivity index (χ3v) is 8.31.